The molecule has 1 aromatic carbocycles. The van der Waals surface area contributed by atoms with Gasteiger partial charge in [-0.3, -0.25) is 9.59 Å². The SMILES string of the molecule is CC(=O)CC(=O)CCCOc1ccccc1. The summed E-state index contributed by atoms with van der Waals surface area (Å²) in [7, 11) is 0. The molecule has 0 atom stereocenters. The summed E-state index contributed by atoms with van der Waals surface area (Å²) in [4.78, 5) is 21.8. The molecule has 0 aliphatic carbocycles. The molecule has 0 N–H and O–H groups in total. The van der Waals surface area contributed by atoms with Crippen LogP contribution < -0.4 is 4.74 Å². The van der Waals surface area contributed by atoms with E-state index in [-0.39, 0.29) is 18.0 Å². The molecule has 0 aliphatic rings. The van der Waals surface area contributed by atoms with Crippen molar-refractivity contribution in [1.29, 1.82) is 0 Å². The normalized spacial score (nSPS) is 9.81. The topological polar surface area (TPSA) is 43.4 Å². The first kappa shape index (κ1) is 12.4. The molecule has 0 amide bonds. The van der Waals surface area contributed by atoms with E-state index < -0.39 is 0 Å². The lowest BCUT2D eigenvalue weighted by Crippen LogP contribution is -2.06. The van der Waals surface area contributed by atoms with E-state index in [2.05, 4.69) is 0 Å². The number of para-hydroxylation sites is 1. The van der Waals surface area contributed by atoms with E-state index in [0.29, 0.717) is 19.4 Å². The molecular weight excluding hydrogens is 204 g/mol. The summed E-state index contributed by atoms with van der Waals surface area (Å²) >= 11 is 0. The number of ketones is 2. The fourth-order valence-corrected chi connectivity index (χ4v) is 1.34. The lowest BCUT2D eigenvalue weighted by atomic mass is 10.1. The highest BCUT2D eigenvalue weighted by molar-refractivity contribution is 5.97. The smallest absolute Gasteiger partial charge is 0.140 e. The van der Waals surface area contributed by atoms with Gasteiger partial charge in [-0.25, -0.2) is 0 Å². The van der Waals surface area contributed by atoms with Crippen molar-refractivity contribution in [3.05, 3.63) is 30.3 Å². The predicted molar refractivity (Wildman–Crippen MR) is 61.5 cm³/mol. The molecule has 0 fully saturated rings. The first-order chi connectivity index (χ1) is 7.68. The number of hydrogen-bond acceptors (Lipinski definition) is 3. The second-order valence-electron chi connectivity index (χ2n) is 3.68. The molecule has 0 radical (unpaired) electrons. The monoisotopic (exact) mass is 220 g/mol. The minimum atomic E-state index is -0.0750. The van der Waals surface area contributed by atoms with Crippen LogP contribution in [0, 0.1) is 0 Å². The Morgan fingerprint density at radius 2 is 1.88 bits per heavy atom. The third-order valence-corrected chi connectivity index (χ3v) is 2.06. The number of rotatable bonds is 7. The maximum Gasteiger partial charge on any atom is 0.140 e. The molecule has 3 nitrogen and oxygen atoms in total. The minimum Gasteiger partial charge on any atom is -0.494 e. The molecule has 0 saturated carbocycles. The van der Waals surface area contributed by atoms with Crippen LogP contribution in [-0.2, 0) is 9.59 Å². The Morgan fingerprint density at radius 3 is 2.50 bits per heavy atom. The molecular formula is C13H16O3. The molecule has 1 aromatic rings. The minimum absolute atomic E-state index is 0.0100. The molecule has 0 bridgehead atoms. The molecule has 0 heterocycles. The average molecular weight is 220 g/mol. The maximum absolute atomic E-state index is 11.2. The van der Waals surface area contributed by atoms with Crippen LogP contribution >= 0.6 is 0 Å². The molecule has 0 aromatic heterocycles. The van der Waals surface area contributed by atoms with Gasteiger partial charge in [0, 0.05) is 6.42 Å². The summed E-state index contributed by atoms with van der Waals surface area (Å²) in [5, 5.41) is 0. The summed E-state index contributed by atoms with van der Waals surface area (Å²) in [5.41, 5.74) is 0. The number of carbonyl (C=O) groups excluding carboxylic acids is 2. The molecule has 0 aliphatic heterocycles. The van der Waals surface area contributed by atoms with Gasteiger partial charge in [-0.2, -0.15) is 0 Å². The van der Waals surface area contributed by atoms with Crippen LogP contribution in [0.15, 0.2) is 30.3 Å². The largest absolute Gasteiger partial charge is 0.494 e. The first-order valence-corrected chi connectivity index (χ1v) is 5.37. The molecule has 86 valence electrons. The van der Waals surface area contributed by atoms with Gasteiger partial charge >= 0.3 is 0 Å². The highest BCUT2D eigenvalue weighted by atomic mass is 16.5. The standard InChI is InChI=1S/C13H16O3/c1-11(14)10-12(15)6-5-9-16-13-7-3-2-4-8-13/h2-4,7-8H,5-6,9-10H2,1H3. The maximum atomic E-state index is 11.2. The van der Waals surface area contributed by atoms with Crippen molar-refractivity contribution in [1.82, 2.24) is 0 Å². The van der Waals surface area contributed by atoms with Gasteiger partial charge < -0.3 is 4.74 Å². The van der Waals surface area contributed by atoms with Crippen LogP contribution in [0.4, 0.5) is 0 Å². The van der Waals surface area contributed by atoms with Crippen molar-refractivity contribution >= 4 is 11.6 Å². The molecule has 0 saturated heterocycles. The van der Waals surface area contributed by atoms with Crippen molar-refractivity contribution in [3.63, 3.8) is 0 Å². The molecule has 1 rings (SSSR count). The van der Waals surface area contributed by atoms with Gasteiger partial charge in [0.1, 0.15) is 17.3 Å². The van der Waals surface area contributed by atoms with E-state index in [9.17, 15) is 9.59 Å². The lowest BCUT2D eigenvalue weighted by Gasteiger charge is -2.04. The van der Waals surface area contributed by atoms with Crippen LogP contribution in [0.3, 0.4) is 0 Å². The first-order valence-electron chi connectivity index (χ1n) is 5.37. The van der Waals surface area contributed by atoms with Crippen LogP contribution in [-0.4, -0.2) is 18.2 Å². The number of ether oxygens (including phenoxy) is 1. The van der Waals surface area contributed by atoms with E-state index in [1.54, 1.807) is 0 Å². The van der Waals surface area contributed by atoms with Crippen LogP contribution in [0.2, 0.25) is 0 Å². The fourth-order valence-electron chi connectivity index (χ4n) is 1.34. The molecule has 0 unspecified atom stereocenters. The number of benzene rings is 1. The van der Waals surface area contributed by atoms with Crippen molar-refractivity contribution < 1.29 is 14.3 Å². The van der Waals surface area contributed by atoms with Crippen molar-refractivity contribution in [2.24, 2.45) is 0 Å². The third kappa shape index (κ3) is 5.29. The van der Waals surface area contributed by atoms with E-state index >= 15 is 0 Å². The number of hydrogen-bond donors (Lipinski definition) is 0. The summed E-state index contributed by atoms with van der Waals surface area (Å²) in [6.45, 7) is 1.94. The quantitative estimate of drug-likeness (QED) is 0.523. The van der Waals surface area contributed by atoms with Gasteiger partial charge in [0.15, 0.2) is 0 Å². The highest BCUT2D eigenvalue weighted by Crippen LogP contribution is 2.09. The van der Waals surface area contributed by atoms with Gasteiger partial charge in [-0.15, -0.1) is 0 Å². The third-order valence-electron chi connectivity index (χ3n) is 2.06. The van der Waals surface area contributed by atoms with E-state index in [0.717, 1.165) is 5.75 Å². The van der Waals surface area contributed by atoms with E-state index in [1.807, 2.05) is 30.3 Å². The number of Topliss-reactive ketones (excluding diaryl/α,β-unsaturated/α-hetero) is 2. The summed E-state index contributed by atoms with van der Waals surface area (Å²) in [6, 6.07) is 9.46. The fraction of sp³-hybridized carbons (Fsp3) is 0.385. The van der Waals surface area contributed by atoms with Crippen LogP contribution in [0.25, 0.3) is 0 Å². The predicted octanol–water partition coefficient (Wildman–Crippen LogP) is 2.39. The summed E-state index contributed by atoms with van der Waals surface area (Å²) in [6.07, 6.45) is 1.11. The van der Waals surface area contributed by atoms with Crippen molar-refractivity contribution in [2.75, 3.05) is 6.61 Å². The molecule has 3 heteroatoms. The zero-order chi connectivity index (χ0) is 11.8. The number of carbonyl (C=O) groups is 2. The van der Waals surface area contributed by atoms with E-state index in [1.165, 1.54) is 6.92 Å². The van der Waals surface area contributed by atoms with Crippen LogP contribution in [0.5, 0.6) is 5.75 Å². The Hall–Kier alpha value is -1.64. The highest BCUT2D eigenvalue weighted by Gasteiger charge is 2.04. The van der Waals surface area contributed by atoms with Gasteiger partial charge in [-0.05, 0) is 25.5 Å². The second-order valence-corrected chi connectivity index (χ2v) is 3.68. The van der Waals surface area contributed by atoms with Crippen molar-refractivity contribution in [2.45, 2.75) is 26.2 Å². The van der Waals surface area contributed by atoms with Crippen LogP contribution in [0.1, 0.15) is 26.2 Å². The van der Waals surface area contributed by atoms with E-state index in [4.69, 9.17) is 4.74 Å². The second kappa shape index (κ2) is 6.77. The molecule has 0 spiro atoms. The van der Waals surface area contributed by atoms with Gasteiger partial charge in [-0.1, -0.05) is 18.2 Å². The Morgan fingerprint density at radius 1 is 1.19 bits per heavy atom. The van der Waals surface area contributed by atoms with Gasteiger partial charge in [0.2, 0.25) is 0 Å². The Bertz CT molecular complexity index is 343. The average Bonchev–Trinajstić information content (AvgIpc) is 2.25. The van der Waals surface area contributed by atoms with Gasteiger partial charge in [0.05, 0.1) is 13.0 Å². The summed E-state index contributed by atoms with van der Waals surface area (Å²) < 4.78 is 5.42. The Labute approximate surface area is 95.4 Å². The Balaban J connectivity index is 2.13. The Kier molecular flexibility index (Phi) is 5.26. The van der Waals surface area contributed by atoms with Gasteiger partial charge in [0.25, 0.3) is 0 Å². The zero-order valence-electron chi connectivity index (χ0n) is 9.44. The zero-order valence-corrected chi connectivity index (χ0v) is 9.44. The lowest BCUT2D eigenvalue weighted by molar-refractivity contribution is -0.126. The van der Waals surface area contributed by atoms with Crippen molar-refractivity contribution in [3.8, 4) is 5.75 Å². The molecule has 16 heavy (non-hydrogen) atoms. The summed E-state index contributed by atoms with van der Waals surface area (Å²) in [5.74, 6) is 0.722.